The van der Waals surface area contributed by atoms with E-state index >= 15 is 0 Å². The average molecular weight is 530 g/mol. The fourth-order valence-corrected chi connectivity index (χ4v) is 4.64. The Morgan fingerprint density at radius 2 is 1.84 bits per heavy atom. The Kier molecular flexibility index (Phi) is 7.82. The summed E-state index contributed by atoms with van der Waals surface area (Å²) in [6.07, 6.45) is 4.73. The monoisotopic (exact) mass is 530 g/mol. The Hall–Kier alpha value is -3.80. The van der Waals surface area contributed by atoms with Crippen molar-refractivity contribution in [1.82, 2.24) is 20.2 Å². The Bertz CT molecular complexity index is 1390. The van der Waals surface area contributed by atoms with Crippen LogP contribution in [0.25, 0.3) is 10.6 Å². The van der Waals surface area contributed by atoms with Gasteiger partial charge in [0.15, 0.2) is 5.75 Å². The van der Waals surface area contributed by atoms with Crippen LogP contribution < -0.4 is 20.7 Å². The number of nitrogens with zero attached hydrogens (tertiary/aromatic N) is 3. The highest BCUT2D eigenvalue weighted by molar-refractivity contribution is 7.17. The van der Waals surface area contributed by atoms with Crippen molar-refractivity contribution in [3.05, 3.63) is 47.1 Å². The number of ether oxygens (including phenoxy) is 1. The number of hydrogen-bond donors (Lipinski definition) is 3. The zero-order valence-corrected chi connectivity index (χ0v) is 23.2. The van der Waals surface area contributed by atoms with E-state index in [9.17, 15) is 14.4 Å². The number of thiazole rings is 1. The third-order valence-corrected chi connectivity index (χ3v) is 6.70. The molecule has 2 aromatic heterocycles. The van der Waals surface area contributed by atoms with E-state index in [0.717, 1.165) is 12.8 Å². The minimum absolute atomic E-state index is 0.0106. The van der Waals surface area contributed by atoms with Crippen molar-refractivity contribution in [3.8, 4) is 16.3 Å². The molecule has 3 N–H and O–H groups in total. The molecule has 0 bridgehead atoms. The first-order valence-corrected chi connectivity index (χ1v) is 13.0. The largest absolute Gasteiger partial charge is 0.494 e. The van der Waals surface area contributed by atoms with E-state index in [4.69, 9.17) is 4.74 Å². The second-order valence-corrected chi connectivity index (χ2v) is 11.4. The standard InChI is InChI=1S/C24H29B3N6O4S/c1-33(2)23(36)17-11-29-22(38-17)13-5-4-6-15(19(13)37-3)30-16-9-18(31-20(34)12-7-8-12)28-10-14(16)21(35)32-24(25,26)27/h4-6,9-12H,7-8,25-27H2,1-3H3,(H,32,35)(H2,28,30,31,34). The molecule has 0 unspecified atom stereocenters. The van der Waals surface area contributed by atoms with Crippen molar-refractivity contribution >= 4 is 69.8 Å². The molecule has 0 aliphatic heterocycles. The number of hydrogen-bond acceptors (Lipinski definition) is 8. The number of aromatic nitrogens is 2. The second kappa shape index (κ2) is 10.9. The lowest BCUT2D eigenvalue weighted by molar-refractivity contribution is -0.117. The van der Waals surface area contributed by atoms with Gasteiger partial charge in [0.1, 0.15) is 39.2 Å². The van der Waals surface area contributed by atoms with E-state index in [1.165, 1.54) is 22.4 Å². The summed E-state index contributed by atoms with van der Waals surface area (Å²) in [6.45, 7) is 0. The van der Waals surface area contributed by atoms with Crippen molar-refractivity contribution in [2.45, 2.75) is 18.1 Å². The molecule has 3 amide bonds. The number of methoxy groups -OCH3 is 1. The molecule has 0 atom stereocenters. The van der Waals surface area contributed by atoms with Gasteiger partial charge in [0.05, 0.1) is 35.8 Å². The van der Waals surface area contributed by atoms with Crippen molar-refractivity contribution in [1.29, 1.82) is 0 Å². The normalized spacial score (nSPS) is 12.9. The quantitative estimate of drug-likeness (QED) is 0.339. The molecule has 0 saturated heterocycles. The zero-order valence-electron chi connectivity index (χ0n) is 22.3. The van der Waals surface area contributed by atoms with Gasteiger partial charge in [-0.1, -0.05) is 6.07 Å². The Labute approximate surface area is 228 Å². The van der Waals surface area contributed by atoms with Gasteiger partial charge in [-0.05, 0) is 30.2 Å². The molecular formula is C24H29B3N6O4S. The average Bonchev–Trinajstić information content (AvgIpc) is 3.59. The van der Waals surface area contributed by atoms with Gasteiger partial charge >= 0.3 is 0 Å². The lowest BCUT2D eigenvalue weighted by atomic mass is 9.49. The first-order valence-electron chi connectivity index (χ1n) is 12.2. The first-order chi connectivity index (χ1) is 18.0. The molecule has 14 heteroatoms. The van der Waals surface area contributed by atoms with Gasteiger partial charge in [0.2, 0.25) is 5.91 Å². The third kappa shape index (κ3) is 6.36. The fourth-order valence-electron chi connectivity index (χ4n) is 3.68. The number of amides is 3. The highest BCUT2D eigenvalue weighted by atomic mass is 32.1. The van der Waals surface area contributed by atoms with Crippen LogP contribution in [0.3, 0.4) is 0 Å². The van der Waals surface area contributed by atoms with Crippen LogP contribution >= 0.6 is 11.3 Å². The van der Waals surface area contributed by atoms with Crippen LogP contribution in [0.1, 0.15) is 32.9 Å². The molecule has 10 nitrogen and oxygen atoms in total. The van der Waals surface area contributed by atoms with Gasteiger partial charge in [-0.25, -0.2) is 9.97 Å². The topological polar surface area (TPSA) is 126 Å². The fraction of sp³-hybridized carbons (Fsp3) is 0.292. The number of benzene rings is 1. The maximum Gasteiger partial charge on any atom is 0.265 e. The van der Waals surface area contributed by atoms with Crippen LogP contribution in [0.2, 0.25) is 0 Å². The summed E-state index contributed by atoms with van der Waals surface area (Å²) in [6, 6.07) is 7.14. The van der Waals surface area contributed by atoms with Crippen LogP contribution in [-0.2, 0) is 4.79 Å². The number of carbonyl (C=O) groups excluding carboxylic acids is 3. The Balaban J connectivity index is 1.71. The van der Waals surface area contributed by atoms with Crippen LogP contribution in [-0.4, -0.2) is 82.6 Å². The molecule has 1 aromatic carbocycles. The van der Waals surface area contributed by atoms with Crippen molar-refractivity contribution in [2.24, 2.45) is 5.92 Å². The van der Waals surface area contributed by atoms with E-state index in [1.54, 1.807) is 33.5 Å². The summed E-state index contributed by atoms with van der Waals surface area (Å²) < 4.78 is 5.76. The number of rotatable bonds is 9. The van der Waals surface area contributed by atoms with Gasteiger partial charge in [-0.3, -0.25) is 14.4 Å². The van der Waals surface area contributed by atoms with Gasteiger partial charge in [-0.2, -0.15) is 0 Å². The van der Waals surface area contributed by atoms with Crippen molar-refractivity contribution in [3.63, 3.8) is 0 Å². The predicted molar refractivity (Wildman–Crippen MR) is 157 cm³/mol. The minimum Gasteiger partial charge on any atom is -0.494 e. The Morgan fingerprint density at radius 3 is 2.47 bits per heavy atom. The molecule has 0 radical (unpaired) electrons. The summed E-state index contributed by atoms with van der Waals surface area (Å²) in [5.41, 5.74) is 2.03. The maximum atomic E-state index is 13.1. The SMILES string of the molecule is BC(B)(B)NC(=O)c1cnc(NC(=O)C2CC2)cc1Nc1cccc(-c2ncc(C(=O)N(C)C)s2)c1OC. The molecule has 1 fully saturated rings. The lowest BCUT2D eigenvalue weighted by Gasteiger charge is -2.22. The molecule has 1 saturated carbocycles. The van der Waals surface area contributed by atoms with Crippen molar-refractivity contribution < 1.29 is 19.1 Å². The number of pyridine rings is 1. The van der Waals surface area contributed by atoms with Crippen LogP contribution in [0.15, 0.2) is 36.7 Å². The summed E-state index contributed by atoms with van der Waals surface area (Å²) in [5.74, 6) is 0.327. The summed E-state index contributed by atoms with van der Waals surface area (Å²) >= 11 is 1.27. The predicted octanol–water partition coefficient (Wildman–Crippen LogP) is 0.248. The number of nitrogens with one attached hydrogen (secondary N) is 3. The summed E-state index contributed by atoms with van der Waals surface area (Å²) in [4.78, 5) is 48.6. The minimum atomic E-state index is -0.461. The highest BCUT2D eigenvalue weighted by Gasteiger charge is 2.30. The van der Waals surface area contributed by atoms with Crippen LogP contribution in [0, 0.1) is 5.92 Å². The number of anilines is 3. The molecule has 1 aliphatic rings. The van der Waals surface area contributed by atoms with Gasteiger partial charge in [0, 0.05) is 32.3 Å². The van der Waals surface area contributed by atoms with E-state index in [2.05, 4.69) is 25.9 Å². The summed E-state index contributed by atoms with van der Waals surface area (Å²) in [5, 5.41) is 9.25. The third-order valence-electron chi connectivity index (χ3n) is 5.68. The zero-order chi connectivity index (χ0) is 27.6. The molecule has 0 spiro atoms. The highest BCUT2D eigenvalue weighted by Crippen LogP contribution is 2.40. The maximum absolute atomic E-state index is 13.1. The van der Waals surface area contributed by atoms with E-state index in [0.29, 0.717) is 44.0 Å². The molecule has 3 aromatic rings. The smallest absolute Gasteiger partial charge is 0.265 e. The van der Waals surface area contributed by atoms with E-state index in [-0.39, 0.29) is 23.6 Å². The van der Waals surface area contributed by atoms with Crippen molar-refractivity contribution in [2.75, 3.05) is 31.8 Å². The van der Waals surface area contributed by atoms with Gasteiger partial charge in [0.25, 0.3) is 11.8 Å². The number of carbonyl (C=O) groups is 3. The first kappa shape index (κ1) is 27.2. The molecular weight excluding hydrogens is 501 g/mol. The molecule has 2 heterocycles. The summed E-state index contributed by atoms with van der Waals surface area (Å²) in [7, 11) is 10.6. The van der Waals surface area contributed by atoms with Crippen LogP contribution in [0.5, 0.6) is 5.75 Å². The van der Waals surface area contributed by atoms with E-state index < -0.39 is 5.24 Å². The molecule has 4 rings (SSSR count). The Morgan fingerprint density at radius 1 is 1.11 bits per heavy atom. The molecule has 194 valence electrons. The molecule has 38 heavy (non-hydrogen) atoms. The number of para-hydroxylation sites is 1. The van der Waals surface area contributed by atoms with Gasteiger partial charge < -0.3 is 25.6 Å². The van der Waals surface area contributed by atoms with Gasteiger partial charge in [-0.15, -0.1) is 11.3 Å². The van der Waals surface area contributed by atoms with E-state index in [1.807, 2.05) is 41.7 Å². The molecule has 1 aliphatic carbocycles. The lowest BCUT2D eigenvalue weighted by Crippen LogP contribution is -2.50. The van der Waals surface area contributed by atoms with Crippen LogP contribution in [0.4, 0.5) is 17.2 Å². The second-order valence-electron chi connectivity index (χ2n) is 10.3.